The topological polar surface area (TPSA) is 42.2 Å². The van der Waals surface area contributed by atoms with Crippen molar-refractivity contribution in [2.45, 2.75) is 10.6 Å². The maximum atomic E-state index is 11.4. The van der Waals surface area contributed by atoms with Crippen LogP contribution in [0.25, 0.3) is 0 Å². The summed E-state index contributed by atoms with van der Waals surface area (Å²) < 4.78 is 1.55. The molecular formula is C13H13NO2S. The van der Waals surface area contributed by atoms with Crippen LogP contribution in [0.1, 0.15) is 5.56 Å². The summed E-state index contributed by atoms with van der Waals surface area (Å²) >= 11 is 1.64. The monoisotopic (exact) mass is 247 g/mol. The third-order valence-corrected chi connectivity index (χ3v) is 3.49. The van der Waals surface area contributed by atoms with Gasteiger partial charge in [-0.1, -0.05) is 0 Å². The third-order valence-electron chi connectivity index (χ3n) is 2.41. The van der Waals surface area contributed by atoms with E-state index in [-0.39, 0.29) is 11.3 Å². The van der Waals surface area contributed by atoms with Gasteiger partial charge >= 0.3 is 0 Å². The van der Waals surface area contributed by atoms with Gasteiger partial charge in [0.1, 0.15) is 5.75 Å². The number of nitrogens with zero attached hydrogens (tertiary/aromatic N) is 1. The number of aromatic nitrogens is 1. The molecule has 0 atom stereocenters. The molecule has 2 rings (SSSR count). The second-order valence-electron chi connectivity index (χ2n) is 3.77. The second kappa shape index (κ2) is 5.10. The molecule has 0 bridgehead atoms. The number of aryl methyl sites for hydroxylation is 1. The Hall–Kier alpha value is -1.68. The van der Waals surface area contributed by atoms with Gasteiger partial charge in [0.15, 0.2) is 0 Å². The first-order chi connectivity index (χ1) is 8.15. The average molecular weight is 247 g/mol. The lowest BCUT2D eigenvalue weighted by Gasteiger charge is -2.03. The molecule has 0 radical (unpaired) electrons. The highest BCUT2D eigenvalue weighted by atomic mass is 32.2. The van der Waals surface area contributed by atoms with Crippen LogP contribution >= 0.6 is 11.8 Å². The van der Waals surface area contributed by atoms with Crippen LogP contribution in [0, 0.1) is 0 Å². The number of hydrogen-bond donors (Lipinski definition) is 1. The summed E-state index contributed by atoms with van der Waals surface area (Å²) in [4.78, 5) is 12.5. The number of aromatic hydroxyl groups is 1. The molecule has 0 unspecified atom stereocenters. The number of thioether (sulfide) groups is 1. The van der Waals surface area contributed by atoms with Crippen molar-refractivity contribution in [2.24, 2.45) is 7.05 Å². The molecule has 0 aliphatic carbocycles. The van der Waals surface area contributed by atoms with E-state index in [2.05, 4.69) is 0 Å². The molecule has 0 spiro atoms. The van der Waals surface area contributed by atoms with Crippen LogP contribution in [0.15, 0.2) is 52.3 Å². The Morgan fingerprint density at radius 3 is 2.59 bits per heavy atom. The van der Waals surface area contributed by atoms with Gasteiger partial charge in [0.25, 0.3) is 5.56 Å². The zero-order valence-corrected chi connectivity index (χ0v) is 10.3. The van der Waals surface area contributed by atoms with Gasteiger partial charge in [-0.25, -0.2) is 0 Å². The Morgan fingerprint density at radius 1 is 1.24 bits per heavy atom. The summed E-state index contributed by atoms with van der Waals surface area (Å²) in [6.45, 7) is 0. The lowest BCUT2D eigenvalue weighted by atomic mass is 10.3. The SMILES string of the molecule is Cn1ccc(CSc2ccc(O)cc2)cc1=O. The molecule has 1 aromatic carbocycles. The lowest BCUT2D eigenvalue weighted by Crippen LogP contribution is -2.14. The summed E-state index contributed by atoms with van der Waals surface area (Å²) in [5, 5.41) is 9.16. The minimum Gasteiger partial charge on any atom is -0.508 e. The molecule has 1 N–H and O–H groups in total. The molecule has 88 valence electrons. The van der Waals surface area contributed by atoms with Gasteiger partial charge in [0.05, 0.1) is 0 Å². The van der Waals surface area contributed by atoms with Crippen molar-refractivity contribution in [3.63, 3.8) is 0 Å². The molecule has 17 heavy (non-hydrogen) atoms. The minimum absolute atomic E-state index is 0.00815. The van der Waals surface area contributed by atoms with E-state index >= 15 is 0 Å². The van der Waals surface area contributed by atoms with Gasteiger partial charge in [-0.15, -0.1) is 11.8 Å². The molecule has 0 saturated carbocycles. The molecule has 1 aromatic heterocycles. The Balaban J connectivity index is 2.04. The zero-order chi connectivity index (χ0) is 12.3. The van der Waals surface area contributed by atoms with Crippen LogP contribution < -0.4 is 5.56 Å². The smallest absolute Gasteiger partial charge is 0.250 e. The van der Waals surface area contributed by atoms with Crippen molar-refractivity contribution in [3.8, 4) is 5.75 Å². The van der Waals surface area contributed by atoms with E-state index in [1.54, 1.807) is 47.8 Å². The van der Waals surface area contributed by atoms with E-state index in [4.69, 9.17) is 5.11 Å². The lowest BCUT2D eigenvalue weighted by molar-refractivity contribution is 0.475. The Labute approximate surface area is 104 Å². The summed E-state index contributed by atoms with van der Waals surface area (Å²) in [6.07, 6.45) is 1.77. The van der Waals surface area contributed by atoms with Crippen LogP contribution in [0.5, 0.6) is 5.75 Å². The number of hydrogen-bond acceptors (Lipinski definition) is 3. The van der Waals surface area contributed by atoms with Crippen molar-refractivity contribution in [3.05, 3.63) is 58.5 Å². The first-order valence-corrected chi connectivity index (χ1v) is 6.21. The predicted octanol–water partition coefficient (Wildman–Crippen LogP) is 2.38. The van der Waals surface area contributed by atoms with Crippen LogP contribution in [0.2, 0.25) is 0 Å². The molecular weight excluding hydrogens is 234 g/mol. The fraction of sp³-hybridized carbons (Fsp3) is 0.154. The summed E-state index contributed by atoms with van der Waals surface area (Å²) in [5.74, 6) is 1.02. The van der Waals surface area contributed by atoms with E-state index in [1.165, 1.54) is 0 Å². The van der Waals surface area contributed by atoms with Crippen LogP contribution in [-0.4, -0.2) is 9.67 Å². The van der Waals surface area contributed by atoms with Gasteiger partial charge in [-0.3, -0.25) is 4.79 Å². The fourth-order valence-corrected chi connectivity index (χ4v) is 2.23. The average Bonchev–Trinajstić information content (AvgIpc) is 2.33. The third kappa shape index (κ3) is 3.14. The van der Waals surface area contributed by atoms with Crippen LogP contribution in [0.4, 0.5) is 0 Å². The summed E-state index contributed by atoms with van der Waals surface area (Å²) in [5.41, 5.74) is 1.01. The van der Waals surface area contributed by atoms with Crippen molar-refractivity contribution in [1.29, 1.82) is 0 Å². The van der Waals surface area contributed by atoms with Gasteiger partial charge in [-0.2, -0.15) is 0 Å². The molecule has 0 amide bonds. The van der Waals surface area contributed by atoms with E-state index in [1.807, 2.05) is 18.2 Å². The number of phenols is 1. The fourth-order valence-electron chi connectivity index (χ4n) is 1.39. The normalized spacial score (nSPS) is 10.4. The molecule has 4 heteroatoms. The predicted molar refractivity (Wildman–Crippen MR) is 69.4 cm³/mol. The molecule has 3 nitrogen and oxygen atoms in total. The van der Waals surface area contributed by atoms with Gasteiger partial charge in [-0.05, 0) is 35.9 Å². The van der Waals surface area contributed by atoms with E-state index in [9.17, 15) is 4.79 Å². The van der Waals surface area contributed by atoms with Crippen molar-refractivity contribution in [2.75, 3.05) is 0 Å². The molecule has 0 saturated heterocycles. The van der Waals surface area contributed by atoms with E-state index < -0.39 is 0 Å². The largest absolute Gasteiger partial charge is 0.508 e. The first kappa shape index (κ1) is 11.8. The highest BCUT2D eigenvalue weighted by Gasteiger charge is 1.98. The zero-order valence-electron chi connectivity index (χ0n) is 9.46. The van der Waals surface area contributed by atoms with Crippen LogP contribution in [0.3, 0.4) is 0 Å². The number of pyridine rings is 1. The Bertz CT molecular complexity index is 560. The standard InChI is InChI=1S/C13H13NO2S/c1-14-7-6-10(8-13(14)16)9-17-12-4-2-11(15)3-5-12/h2-8,15H,9H2,1H3. The number of benzene rings is 1. The molecule has 1 heterocycles. The quantitative estimate of drug-likeness (QED) is 0.847. The van der Waals surface area contributed by atoms with Crippen molar-refractivity contribution in [1.82, 2.24) is 4.57 Å². The maximum Gasteiger partial charge on any atom is 0.250 e. The van der Waals surface area contributed by atoms with Crippen LogP contribution in [-0.2, 0) is 12.8 Å². The number of phenolic OH excluding ortho intramolecular Hbond substituents is 1. The van der Waals surface area contributed by atoms with Gasteiger partial charge in [0.2, 0.25) is 0 Å². The first-order valence-electron chi connectivity index (χ1n) is 5.22. The van der Waals surface area contributed by atoms with Crippen molar-refractivity contribution >= 4 is 11.8 Å². The highest BCUT2D eigenvalue weighted by Crippen LogP contribution is 2.23. The number of rotatable bonds is 3. The molecule has 0 aliphatic heterocycles. The highest BCUT2D eigenvalue weighted by molar-refractivity contribution is 7.98. The van der Waals surface area contributed by atoms with E-state index in [0.717, 1.165) is 16.2 Å². The summed E-state index contributed by atoms with van der Waals surface area (Å²) in [7, 11) is 1.74. The minimum atomic E-state index is 0.00815. The van der Waals surface area contributed by atoms with E-state index in [0.29, 0.717) is 0 Å². The van der Waals surface area contributed by atoms with Gasteiger partial charge < -0.3 is 9.67 Å². The Morgan fingerprint density at radius 2 is 1.94 bits per heavy atom. The molecule has 0 fully saturated rings. The second-order valence-corrected chi connectivity index (χ2v) is 4.82. The van der Waals surface area contributed by atoms with Gasteiger partial charge in [0, 0.05) is 30.0 Å². The summed E-state index contributed by atoms with van der Waals surface area (Å²) in [6, 6.07) is 10.6. The van der Waals surface area contributed by atoms with Crippen molar-refractivity contribution < 1.29 is 5.11 Å². The molecule has 0 aliphatic rings. The molecule has 2 aromatic rings. The Kier molecular flexibility index (Phi) is 3.54. The maximum absolute atomic E-state index is 11.4.